The summed E-state index contributed by atoms with van der Waals surface area (Å²) in [6, 6.07) is 18.6. The molecule has 3 N–H and O–H groups in total. The van der Waals surface area contributed by atoms with Crippen LogP contribution in [0.25, 0.3) is 10.8 Å². The fraction of sp³-hybridized carbons (Fsp3) is 0.0952. The van der Waals surface area contributed by atoms with Gasteiger partial charge in [-0.05, 0) is 69.3 Å². The van der Waals surface area contributed by atoms with Gasteiger partial charge < -0.3 is 15.4 Å². The average molecular weight is 472 g/mol. The molecular weight excluding hydrogens is 454 g/mol. The third-order valence-corrected chi connectivity index (χ3v) is 4.92. The van der Waals surface area contributed by atoms with Crippen LogP contribution in [0.1, 0.15) is 6.92 Å². The predicted octanol–water partition coefficient (Wildman–Crippen LogP) is 4.45. The van der Waals surface area contributed by atoms with Gasteiger partial charge in [0.25, 0.3) is 5.91 Å². The van der Waals surface area contributed by atoms with Gasteiger partial charge in [0, 0.05) is 18.3 Å². The van der Waals surface area contributed by atoms with E-state index in [1.807, 2.05) is 36.4 Å². The van der Waals surface area contributed by atoms with Crippen LogP contribution < -0.4 is 20.7 Å². The van der Waals surface area contributed by atoms with Crippen molar-refractivity contribution in [2.75, 3.05) is 17.2 Å². The molecule has 0 radical (unpaired) electrons. The Morgan fingerprint density at radius 2 is 1.62 bits per heavy atom. The van der Waals surface area contributed by atoms with Crippen molar-refractivity contribution in [2.24, 2.45) is 0 Å². The maximum Gasteiger partial charge on any atom is 0.264 e. The highest BCUT2D eigenvalue weighted by Crippen LogP contribution is 2.32. The highest BCUT2D eigenvalue weighted by atomic mass is 79.9. The van der Waals surface area contributed by atoms with Gasteiger partial charge in [0.1, 0.15) is 5.75 Å². The van der Waals surface area contributed by atoms with Crippen LogP contribution in [0.4, 0.5) is 11.4 Å². The average Bonchev–Trinajstić information content (AvgIpc) is 2.69. The standard InChI is InChI=1S/C21H18BrN3O3S/c1-13(26)23-15-7-9-16(10-8-15)24-21(29)25-19(27)12-28-18-11-6-14-4-2-3-5-17(14)20(18)22/h2-11H,12H2,1H3,(H,23,26)(H2,24,25,27,29). The number of carbonyl (C=O) groups is 2. The molecule has 0 saturated heterocycles. The van der Waals surface area contributed by atoms with E-state index in [1.54, 1.807) is 24.3 Å². The summed E-state index contributed by atoms with van der Waals surface area (Å²) >= 11 is 8.68. The largest absolute Gasteiger partial charge is 0.483 e. The summed E-state index contributed by atoms with van der Waals surface area (Å²) in [5, 5.41) is 10.4. The Balaban J connectivity index is 1.52. The summed E-state index contributed by atoms with van der Waals surface area (Å²) in [5.74, 6) is 0.0512. The van der Waals surface area contributed by atoms with E-state index in [1.165, 1.54) is 6.92 Å². The van der Waals surface area contributed by atoms with Gasteiger partial charge in [-0.2, -0.15) is 0 Å². The van der Waals surface area contributed by atoms with E-state index >= 15 is 0 Å². The van der Waals surface area contributed by atoms with Gasteiger partial charge in [0.05, 0.1) is 4.47 Å². The number of rotatable bonds is 5. The molecule has 2 amide bonds. The van der Waals surface area contributed by atoms with Crippen LogP contribution in [-0.4, -0.2) is 23.5 Å². The van der Waals surface area contributed by atoms with Crippen LogP contribution >= 0.6 is 28.1 Å². The number of nitrogens with one attached hydrogen (secondary N) is 3. The Kier molecular flexibility index (Phi) is 6.79. The van der Waals surface area contributed by atoms with Crippen LogP contribution in [0, 0.1) is 0 Å². The maximum atomic E-state index is 12.1. The third-order valence-electron chi connectivity index (χ3n) is 3.90. The Morgan fingerprint density at radius 1 is 0.966 bits per heavy atom. The third kappa shape index (κ3) is 5.75. The molecule has 0 aliphatic carbocycles. The van der Waals surface area contributed by atoms with E-state index in [-0.39, 0.29) is 23.5 Å². The number of hydrogen-bond acceptors (Lipinski definition) is 4. The lowest BCUT2D eigenvalue weighted by molar-refractivity contribution is -0.121. The number of benzene rings is 3. The van der Waals surface area contributed by atoms with Crippen molar-refractivity contribution in [1.82, 2.24) is 5.32 Å². The molecule has 3 aromatic rings. The van der Waals surface area contributed by atoms with Gasteiger partial charge in [0.2, 0.25) is 5.91 Å². The highest BCUT2D eigenvalue weighted by Gasteiger charge is 2.10. The molecule has 0 spiro atoms. The molecule has 0 saturated carbocycles. The first-order valence-electron chi connectivity index (χ1n) is 8.71. The molecule has 0 aliphatic rings. The summed E-state index contributed by atoms with van der Waals surface area (Å²) in [6.45, 7) is 1.26. The zero-order valence-corrected chi connectivity index (χ0v) is 17.9. The van der Waals surface area contributed by atoms with Crippen molar-refractivity contribution >= 4 is 67.2 Å². The Hall–Kier alpha value is -2.97. The van der Waals surface area contributed by atoms with E-state index in [0.29, 0.717) is 17.1 Å². The van der Waals surface area contributed by atoms with Gasteiger partial charge in [-0.15, -0.1) is 0 Å². The van der Waals surface area contributed by atoms with E-state index in [4.69, 9.17) is 17.0 Å². The normalized spacial score (nSPS) is 10.3. The zero-order valence-electron chi connectivity index (χ0n) is 15.5. The van der Waals surface area contributed by atoms with E-state index in [9.17, 15) is 9.59 Å². The SMILES string of the molecule is CC(=O)Nc1ccc(NC(=S)NC(=O)COc2ccc3ccccc3c2Br)cc1. The van der Waals surface area contributed by atoms with Gasteiger partial charge in [0.15, 0.2) is 11.7 Å². The van der Waals surface area contributed by atoms with Gasteiger partial charge in [-0.1, -0.05) is 30.3 Å². The van der Waals surface area contributed by atoms with Crippen LogP contribution in [-0.2, 0) is 9.59 Å². The molecule has 0 atom stereocenters. The molecule has 0 unspecified atom stereocenters. The molecule has 0 aliphatic heterocycles. The number of thiocarbonyl (C=S) groups is 1. The fourth-order valence-corrected chi connectivity index (χ4v) is 3.47. The zero-order chi connectivity index (χ0) is 20.8. The minimum atomic E-state index is -0.377. The number of hydrogen-bond donors (Lipinski definition) is 3. The van der Waals surface area contributed by atoms with E-state index in [2.05, 4.69) is 31.9 Å². The molecule has 0 bridgehead atoms. The number of carbonyl (C=O) groups excluding carboxylic acids is 2. The lowest BCUT2D eigenvalue weighted by atomic mass is 10.1. The monoisotopic (exact) mass is 471 g/mol. The van der Waals surface area contributed by atoms with Crippen molar-refractivity contribution < 1.29 is 14.3 Å². The summed E-state index contributed by atoms with van der Waals surface area (Å²) in [7, 11) is 0. The number of anilines is 2. The molecule has 148 valence electrons. The first-order chi connectivity index (χ1) is 13.9. The molecule has 3 rings (SSSR count). The first kappa shape index (κ1) is 20.8. The van der Waals surface area contributed by atoms with Crippen molar-refractivity contribution in [3.63, 3.8) is 0 Å². The highest BCUT2D eigenvalue weighted by molar-refractivity contribution is 9.10. The second kappa shape index (κ2) is 9.49. The van der Waals surface area contributed by atoms with Crippen LogP contribution in [0.15, 0.2) is 65.1 Å². The maximum absolute atomic E-state index is 12.1. The van der Waals surface area contributed by atoms with Crippen molar-refractivity contribution in [3.8, 4) is 5.75 Å². The van der Waals surface area contributed by atoms with E-state index < -0.39 is 0 Å². The van der Waals surface area contributed by atoms with Crippen molar-refractivity contribution in [3.05, 3.63) is 65.1 Å². The lowest BCUT2D eigenvalue weighted by Crippen LogP contribution is -2.37. The van der Waals surface area contributed by atoms with Crippen molar-refractivity contribution in [1.29, 1.82) is 0 Å². The quantitative estimate of drug-likeness (QED) is 0.479. The smallest absolute Gasteiger partial charge is 0.264 e. The number of fused-ring (bicyclic) bond motifs is 1. The second-order valence-corrected chi connectivity index (χ2v) is 7.35. The minimum absolute atomic E-state index is 0.147. The second-order valence-electron chi connectivity index (χ2n) is 6.15. The fourth-order valence-electron chi connectivity index (χ4n) is 2.63. The van der Waals surface area contributed by atoms with Gasteiger partial charge in [-0.25, -0.2) is 0 Å². The van der Waals surface area contributed by atoms with Crippen molar-refractivity contribution in [2.45, 2.75) is 6.92 Å². The predicted molar refractivity (Wildman–Crippen MR) is 122 cm³/mol. The Labute approximate surface area is 181 Å². The Bertz CT molecular complexity index is 1070. The van der Waals surface area contributed by atoms with Crippen LogP contribution in [0.2, 0.25) is 0 Å². The van der Waals surface area contributed by atoms with E-state index in [0.717, 1.165) is 15.2 Å². The van der Waals surface area contributed by atoms with Crippen LogP contribution in [0.3, 0.4) is 0 Å². The number of ether oxygens (including phenoxy) is 1. The molecule has 6 nitrogen and oxygen atoms in total. The molecule has 0 fully saturated rings. The van der Waals surface area contributed by atoms with Gasteiger partial charge >= 0.3 is 0 Å². The Morgan fingerprint density at radius 3 is 2.31 bits per heavy atom. The summed E-state index contributed by atoms with van der Waals surface area (Å²) in [4.78, 5) is 23.2. The number of halogens is 1. The van der Waals surface area contributed by atoms with Gasteiger partial charge in [-0.3, -0.25) is 14.9 Å². The molecule has 8 heteroatoms. The molecule has 3 aromatic carbocycles. The first-order valence-corrected chi connectivity index (χ1v) is 9.91. The minimum Gasteiger partial charge on any atom is -0.483 e. The van der Waals surface area contributed by atoms with Crippen LogP contribution in [0.5, 0.6) is 5.75 Å². The molecule has 0 aromatic heterocycles. The summed E-state index contributed by atoms with van der Waals surface area (Å²) in [6.07, 6.45) is 0. The summed E-state index contributed by atoms with van der Waals surface area (Å²) < 4.78 is 6.42. The lowest BCUT2D eigenvalue weighted by Gasteiger charge is -2.12. The molecule has 29 heavy (non-hydrogen) atoms. The molecular formula is C21H18BrN3O3S. The summed E-state index contributed by atoms with van der Waals surface area (Å²) in [5.41, 5.74) is 1.36. The number of amides is 2. The molecule has 0 heterocycles. The topological polar surface area (TPSA) is 79.5 Å².